The number of benzene rings is 2. The predicted molar refractivity (Wildman–Crippen MR) is 106 cm³/mol. The Morgan fingerprint density at radius 3 is 2.89 bits per heavy atom. The van der Waals surface area contributed by atoms with Crippen molar-refractivity contribution in [2.75, 3.05) is 12.3 Å². The molecule has 2 heterocycles. The van der Waals surface area contributed by atoms with E-state index in [1.165, 1.54) is 0 Å². The van der Waals surface area contributed by atoms with Crippen molar-refractivity contribution in [1.29, 1.82) is 0 Å². The molecule has 1 saturated heterocycles. The second kappa shape index (κ2) is 8.15. The van der Waals surface area contributed by atoms with E-state index < -0.39 is 0 Å². The van der Waals surface area contributed by atoms with E-state index in [9.17, 15) is 4.79 Å². The first-order valence-corrected chi connectivity index (χ1v) is 10.1. The molecule has 138 valence electrons. The van der Waals surface area contributed by atoms with E-state index in [-0.39, 0.29) is 11.9 Å². The molecule has 7 heteroatoms. The molecular weight excluding hydrogens is 382 g/mol. The first-order valence-electron chi connectivity index (χ1n) is 8.77. The number of hydrogen-bond acceptors (Lipinski definition) is 5. The molecule has 0 aliphatic carbocycles. The van der Waals surface area contributed by atoms with Gasteiger partial charge in [-0.1, -0.05) is 47.1 Å². The summed E-state index contributed by atoms with van der Waals surface area (Å²) in [5.41, 5.74) is 0.799. The predicted octanol–water partition coefficient (Wildman–Crippen LogP) is 4.85. The van der Waals surface area contributed by atoms with Crippen molar-refractivity contribution in [2.24, 2.45) is 0 Å². The lowest BCUT2D eigenvalue weighted by molar-refractivity contribution is -0.129. The Morgan fingerprint density at radius 1 is 1.22 bits per heavy atom. The van der Waals surface area contributed by atoms with Gasteiger partial charge in [0.05, 0.1) is 5.75 Å². The van der Waals surface area contributed by atoms with E-state index in [0.29, 0.717) is 29.0 Å². The SMILES string of the molecule is O=C(CSc1ccccc1)N1CCCC1c1nc(-c2cccc(Cl)c2)no1. The van der Waals surface area contributed by atoms with Gasteiger partial charge in [0.1, 0.15) is 6.04 Å². The molecule has 1 amide bonds. The third-order valence-corrected chi connectivity index (χ3v) is 5.72. The molecule has 1 aliphatic rings. The van der Waals surface area contributed by atoms with Crippen molar-refractivity contribution in [3.8, 4) is 11.4 Å². The van der Waals surface area contributed by atoms with Crippen LogP contribution in [0.15, 0.2) is 64.0 Å². The van der Waals surface area contributed by atoms with Gasteiger partial charge in [-0.2, -0.15) is 4.98 Å². The maximum Gasteiger partial charge on any atom is 0.249 e. The van der Waals surface area contributed by atoms with Crippen LogP contribution in [-0.2, 0) is 4.79 Å². The number of aromatic nitrogens is 2. The van der Waals surface area contributed by atoms with Crippen LogP contribution in [-0.4, -0.2) is 33.2 Å². The molecule has 3 aromatic rings. The molecular formula is C20H18ClN3O2S. The van der Waals surface area contributed by atoms with Crippen LogP contribution < -0.4 is 0 Å². The van der Waals surface area contributed by atoms with Gasteiger partial charge in [-0.15, -0.1) is 11.8 Å². The lowest BCUT2D eigenvalue weighted by Crippen LogP contribution is -2.32. The third kappa shape index (κ3) is 4.17. The molecule has 1 aromatic heterocycles. The highest BCUT2D eigenvalue weighted by atomic mass is 35.5. The summed E-state index contributed by atoms with van der Waals surface area (Å²) in [5, 5.41) is 4.69. The number of hydrogen-bond donors (Lipinski definition) is 0. The number of likely N-dealkylation sites (tertiary alicyclic amines) is 1. The second-order valence-electron chi connectivity index (χ2n) is 6.31. The molecule has 1 fully saturated rings. The van der Waals surface area contributed by atoms with Crippen molar-refractivity contribution >= 4 is 29.3 Å². The molecule has 0 spiro atoms. The molecule has 4 rings (SSSR count). The Bertz CT molecular complexity index is 932. The summed E-state index contributed by atoms with van der Waals surface area (Å²) in [6.45, 7) is 0.716. The summed E-state index contributed by atoms with van der Waals surface area (Å²) >= 11 is 7.58. The summed E-state index contributed by atoms with van der Waals surface area (Å²) in [5.74, 6) is 1.47. The van der Waals surface area contributed by atoms with Gasteiger partial charge in [-0.05, 0) is 37.1 Å². The Labute approximate surface area is 166 Å². The van der Waals surface area contributed by atoms with Crippen molar-refractivity contribution in [1.82, 2.24) is 15.0 Å². The average Bonchev–Trinajstić information content (AvgIpc) is 3.36. The first-order chi connectivity index (χ1) is 13.2. The van der Waals surface area contributed by atoms with Crippen LogP contribution in [0.25, 0.3) is 11.4 Å². The van der Waals surface area contributed by atoms with Gasteiger partial charge < -0.3 is 9.42 Å². The Hall–Kier alpha value is -2.31. The smallest absolute Gasteiger partial charge is 0.249 e. The van der Waals surface area contributed by atoms with Crippen molar-refractivity contribution in [3.63, 3.8) is 0 Å². The Balaban J connectivity index is 1.46. The molecule has 1 unspecified atom stereocenters. The average molecular weight is 400 g/mol. The van der Waals surface area contributed by atoms with Gasteiger partial charge in [0, 0.05) is 22.0 Å². The van der Waals surface area contributed by atoms with Crippen LogP contribution in [0.1, 0.15) is 24.8 Å². The minimum Gasteiger partial charge on any atom is -0.337 e. The number of thioether (sulfide) groups is 1. The summed E-state index contributed by atoms with van der Waals surface area (Å²) in [6, 6.07) is 17.1. The van der Waals surface area contributed by atoms with Crippen LogP contribution in [0.5, 0.6) is 0 Å². The molecule has 1 atom stereocenters. The van der Waals surface area contributed by atoms with Gasteiger partial charge >= 0.3 is 0 Å². The lowest BCUT2D eigenvalue weighted by atomic mass is 10.2. The fraction of sp³-hybridized carbons (Fsp3) is 0.250. The van der Waals surface area contributed by atoms with Gasteiger partial charge in [0.15, 0.2) is 0 Å². The highest BCUT2D eigenvalue weighted by molar-refractivity contribution is 8.00. The minimum absolute atomic E-state index is 0.0915. The Morgan fingerprint density at radius 2 is 2.07 bits per heavy atom. The molecule has 0 N–H and O–H groups in total. The van der Waals surface area contributed by atoms with E-state index in [4.69, 9.17) is 16.1 Å². The molecule has 27 heavy (non-hydrogen) atoms. The number of nitrogens with zero attached hydrogens (tertiary/aromatic N) is 3. The van der Waals surface area contributed by atoms with Gasteiger partial charge in [-0.3, -0.25) is 4.79 Å². The van der Waals surface area contributed by atoms with Crippen molar-refractivity contribution in [2.45, 2.75) is 23.8 Å². The third-order valence-electron chi connectivity index (χ3n) is 4.49. The zero-order valence-corrected chi connectivity index (χ0v) is 16.1. The van der Waals surface area contributed by atoms with Crippen molar-refractivity contribution in [3.05, 3.63) is 65.5 Å². The zero-order valence-electron chi connectivity index (χ0n) is 14.5. The number of carbonyl (C=O) groups excluding carboxylic acids is 1. The van der Waals surface area contributed by atoms with Crippen LogP contribution in [0.2, 0.25) is 5.02 Å². The minimum atomic E-state index is -0.158. The van der Waals surface area contributed by atoms with E-state index in [2.05, 4.69) is 10.1 Å². The van der Waals surface area contributed by atoms with Gasteiger partial charge in [0.25, 0.3) is 0 Å². The number of amides is 1. The molecule has 0 radical (unpaired) electrons. The topological polar surface area (TPSA) is 59.2 Å². The quantitative estimate of drug-likeness (QED) is 0.574. The zero-order chi connectivity index (χ0) is 18.6. The standard InChI is InChI=1S/C20H18ClN3O2S/c21-15-7-4-6-14(12-15)19-22-20(26-23-19)17-10-5-11-24(17)18(25)13-27-16-8-2-1-3-9-16/h1-4,6-9,12,17H,5,10-11,13H2. The number of rotatable bonds is 5. The summed E-state index contributed by atoms with van der Waals surface area (Å²) in [4.78, 5) is 20.2. The molecule has 5 nitrogen and oxygen atoms in total. The van der Waals surface area contributed by atoms with E-state index in [1.807, 2.05) is 47.4 Å². The molecule has 1 aliphatic heterocycles. The normalized spacial score (nSPS) is 16.6. The summed E-state index contributed by atoms with van der Waals surface area (Å²) in [7, 11) is 0. The fourth-order valence-electron chi connectivity index (χ4n) is 3.18. The lowest BCUT2D eigenvalue weighted by Gasteiger charge is -2.21. The largest absolute Gasteiger partial charge is 0.337 e. The Kier molecular flexibility index (Phi) is 5.45. The summed E-state index contributed by atoms with van der Waals surface area (Å²) < 4.78 is 5.48. The van der Waals surface area contributed by atoms with Crippen LogP contribution >= 0.6 is 23.4 Å². The van der Waals surface area contributed by atoms with Crippen LogP contribution in [0.4, 0.5) is 0 Å². The highest BCUT2D eigenvalue weighted by Crippen LogP contribution is 2.33. The molecule has 0 saturated carbocycles. The van der Waals surface area contributed by atoms with Crippen LogP contribution in [0, 0.1) is 0 Å². The van der Waals surface area contributed by atoms with E-state index in [0.717, 1.165) is 23.3 Å². The molecule has 0 bridgehead atoms. The number of carbonyl (C=O) groups is 1. The second-order valence-corrected chi connectivity index (χ2v) is 7.80. The first kappa shape index (κ1) is 18.1. The van der Waals surface area contributed by atoms with E-state index >= 15 is 0 Å². The monoisotopic (exact) mass is 399 g/mol. The van der Waals surface area contributed by atoms with E-state index in [1.54, 1.807) is 23.9 Å². The molecule has 2 aromatic carbocycles. The van der Waals surface area contributed by atoms with Crippen molar-refractivity contribution < 1.29 is 9.32 Å². The van der Waals surface area contributed by atoms with Gasteiger partial charge in [0.2, 0.25) is 17.6 Å². The van der Waals surface area contributed by atoms with Gasteiger partial charge in [-0.25, -0.2) is 0 Å². The maximum absolute atomic E-state index is 12.7. The highest BCUT2D eigenvalue weighted by Gasteiger charge is 2.34. The fourth-order valence-corrected chi connectivity index (χ4v) is 4.18. The maximum atomic E-state index is 12.7. The number of halogens is 1. The summed E-state index contributed by atoms with van der Waals surface area (Å²) in [6.07, 6.45) is 1.76. The van der Waals surface area contributed by atoms with Crippen LogP contribution in [0.3, 0.4) is 0 Å².